The van der Waals surface area contributed by atoms with Gasteiger partial charge in [-0.15, -0.1) is 12.4 Å². The highest BCUT2D eigenvalue weighted by atomic mass is 35.5. The molecule has 2 aromatic carbocycles. The Morgan fingerprint density at radius 2 is 1.77 bits per heavy atom. The van der Waals surface area contributed by atoms with Crippen molar-refractivity contribution in [1.82, 2.24) is 5.32 Å². The number of primary sulfonamides is 1. The Hall–Kier alpha value is -1.84. The van der Waals surface area contributed by atoms with E-state index in [0.29, 0.717) is 35.8 Å². The third kappa shape index (κ3) is 7.77. The number of aryl methyl sites for hydroxylation is 1. The van der Waals surface area contributed by atoms with E-state index in [1.165, 1.54) is 6.07 Å². The minimum Gasteiger partial charge on any atom is -0.490 e. The number of para-hydroxylation sites is 2. The number of aliphatic hydroxyl groups is 1. The summed E-state index contributed by atoms with van der Waals surface area (Å²) in [6.07, 6.45) is 0.0369. The summed E-state index contributed by atoms with van der Waals surface area (Å²) in [5, 5.41) is 18.8. The first-order chi connectivity index (χ1) is 13.7. The summed E-state index contributed by atoms with van der Waals surface area (Å²) in [4.78, 5) is 0.0223. The highest BCUT2D eigenvalue weighted by Crippen LogP contribution is 2.26. The molecule has 0 heterocycles. The second-order valence-corrected chi connectivity index (χ2v) is 8.53. The highest BCUT2D eigenvalue weighted by Gasteiger charge is 2.16. The van der Waals surface area contributed by atoms with Gasteiger partial charge in [0.1, 0.15) is 6.61 Å². The lowest BCUT2D eigenvalue weighted by atomic mass is 10.1. The van der Waals surface area contributed by atoms with E-state index in [1.54, 1.807) is 19.1 Å². The Morgan fingerprint density at radius 1 is 1.13 bits per heavy atom. The number of hydrogen-bond acceptors (Lipinski definition) is 6. The first-order valence-corrected chi connectivity index (χ1v) is 11.2. The molecule has 0 spiro atoms. The molecule has 7 nitrogen and oxygen atoms in total. The van der Waals surface area contributed by atoms with Gasteiger partial charge in [-0.3, -0.25) is 0 Å². The molecule has 0 aromatic heterocycles. The van der Waals surface area contributed by atoms with Gasteiger partial charge < -0.3 is 19.9 Å². The van der Waals surface area contributed by atoms with Crippen molar-refractivity contribution in [2.75, 3.05) is 19.8 Å². The van der Waals surface area contributed by atoms with Crippen LogP contribution in [0.2, 0.25) is 0 Å². The van der Waals surface area contributed by atoms with Crippen LogP contribution in [-0.4, -0.2) is 39.3 Å². The van der Waals surface area contributed by atoms with Gasteiger partial charge in [0, 0.05) is 12.6 Å². The van der Waals surface area contributed by atoms with E-state index in [0.717, 1.165) is 6.42 Å². The van der Waals surface area contributed by atoms with E-state index in [1.807, 2.05) is 38.1 Å². The lowest BCUT2D eigenvalue weighted by molar-refractivity contribution is 0.162. The van der Waals surface area contributed by atoms with Crippen LogP contribution in [0.1, 0.15) is 37.5 Å². The van der Waals surface area contributed by atoms with Crippen LogP contribution in [0.3, 0.4) is 0 Å². The number of hydrogen-bond donors (Lipinski definition) is 3. The van der Waals surface area contributed by atoms with Crippen molar-refractivity contribution < 1.29 is 23.0 Å². The van der Waals surface area contributed by atoms with Gasteiger partial charge in [0.25, 0.3) is 0 Å². The van der Waals surface area contributed by atoms with Crippen LogP contribution >= 0.6 is 12.4 Å². The molecule has 0 saturated heterocycles. The van der Waals surface area contributed by atoms with Gasteiger partial charge in [-0.1, -0.05) is 31.2 Å². The average Bonchev–Trinajstić information content (AvgIpc) is 2.68. The number of aliphatic hydroxyl groups excluding tert-OH is 1. The molecule has 0 fully saturated rings. The molecule has 9 heteroatoms. The molecule has 0 bridgehead atoms. The number of ether oxygens (including phenoxy) is 2. The summed E-state index contributed by atoms with van der Waals surface area (Å²) < 4.78 is 34.8. The molecule has 30 heavy (non-hydrogen) atoms. The quantitative estimate of drug-likeness (QED) is 0.477. The Labute approximate surface area is 185 Å². The van der Waals surface area contributed by atoms with Crippen LogP contribution < -0.4 is 19.9 Å². The third-order valence-corrected chi connectivity index (χ3v) is 5.42. The van der Waals surface area contributed by atoms with Crippen molar-refractivity contribution in [3.05, 3.63) is 53.6 Å². The number of halogens is 1. The third-order valence-electron chi connectivity index (χ3n) is 4.36. The molecular weight excluding hydrogens is 428 g/mol. The van der Waals surface area contributed by atoms with Crippen LogP contribution in [0.4, 0.5) is 0 Å². The predicted octanol–water partition coefficient (Wildman–Crippen LogP) is 2.94. The summed E-state index contributed by atoms with van der Waals surface area (Å²) >= 11 is 0. The standard InChI is InChI=1S/C21H30N2O5S.ClH/c1-4-11-27-19-7-5-6-8-20(19)28-14-16(3)23-13-18(24)17-10-9-15(2)21(12-17)29(22,25)26;/h5-10,12,16,18,23-24H,4,11,13-14H2,1-3H3,(H2,22,25,26);1H. The molecular formula is C21H31ClN2O5S. The topological polar surface area (TPSA) is 111 Å². The Kier molecular flexibility index (Phi) is 10.6. The maximum atomic E-state index is 11.7. The largest absolute Gasteiger partial charge is 0.490 e. The van der Waals surface area contributed by atoms with Gasteiger partial charge in [0.15, 0.2) is 11.5 Å². The molecule has 168 valence electrons. The molecule has 0 aliphatic rings. The number of sulfonamides is 1. The summed E-state index contributed by atoms with van der Waals surface area (Å²) in [6, 6.07) is 12.2. The molecule has 2 atom stereocenters. The van der Waals surface area contributed by atoms with Crippen molar-refractivity contribution in [1.29, 1.82) is 0 Å². The molecule has 0 saturated carbocycles. The summed E-state index contributed by atoms with van der Waals surface area (Å²) in [6.45, 7) is 6.89. The average molecular weight is 459 g/mol. The zero-order valence-electron chi connectivity index (χ0n) is 17.5. The van der Waals surface area contributed by atoms with E-state index < -0.39 is 16.1 Å². The lowest BCUT2D eigenvalue weighted by Crippen LogP contribution is -2.35. The lowest BCUT2D eigenvalue weighted by Gasteiger charge is -2.19. The molecule has 2 unspecified atom stereocenters. The van der Waals surface area contributed by atoms with E-state index >= 15 is 0 Å². The summed E-state index contributed by atoms with van der Waals surface area (Å²) in [7, 11) is -3.83. The van der Waals surface area contributed by atoms with Crippen LogP contribution in [0.25, 0.3) is 0 Å². The minimum atomic E-state index is -3.83. The summed E-state index contributed by atoms with van der Waals surface area (Å²) in [5.41, 5.74) is 1.03. The Balaban J connectivity index is 0.00000450. The maximum Gasteiger partial charge on any atom is 0.238 e. The fourth-order valence-corrected chi connectivity index (χ4v) is 3.55. The van der Waals surface area contributed by atoms with Crippen LogP contribution in [0.5, 0.6) is 11.5 Å². The second kappa shape index (κ2) is 12.1. The van der Waals surface area contributed by atoms with Crippen molar-refractivity contribution in [2.24, 2.45) is 5.14 Å². The molecule has 0 amide bonds. The number of benzene rings is 2. The van der Waals surface area contributed by atoms with E-state index in [9.17, 15) is 13.5 Å². The Bertz CT molecular complexity index is 908. The van der Waals surface area contributed by atoms with Crippen molar-refractivity contribution in [3.63, 3.8) is 0 Å². The monoisotopic (exact) mass is 458 g/mol. The SMILES string of the molecule is CCCOc1ccccc1OCC(C)NCC(O)c1ccc(C)c(S(N)(=O)=O)c1.Cl. The van der Waals surface area contributed by atoms with Gasteiger partial charge in [0.2, 0.25) is 10.0 Å². The van der Waals surface area contributed by atoms with Gasteiger partial charge in [-0.2, -0.15) is 0 Å². The van der Waals surface area contributed by atoms with Gasteiger partial charge >= 0.3 is 0 Å². The molecule has 0 radical (unpaired) electrons. The molecule has 4 N–H and O–H groups in total. The zero-order chi connectivity index (χ0) is 21.4. The van der Waals surface area contributed by atoms with E-state index in [4.69, 9.17) is 14.6 Å². The molecule has 0 aliphatic carbocycles. The van der Waals surface area contributed by atoms with E-state index in [2.05, 4.69) is 5.32 Å². The fourth-order valence-electron chi connectivity index (χ4n) is 2.74. The van der Waals surface area contributed by atoms with Gasteiger partial charge in [-0.25, -0.2) is 13.6 Å². The van der Waals surface area contributed by atoms with Crippen LogP contribution in [0.15, 0.2) is 47.4 Å². The summed E-state index contributed by atoms with van der Waals surface area (Å²) in [5.74, 6) is 1.38. The number of nitrogens with two attached hydrogens (primary N) is 1. The molecule has 0 aliphatic heterocycles. The Morgan fingerprint density at radius 3 is 2.37 bits per heavy atom. The van der Waals surface area contributed by atoms with Crippen molar-refractivity contribution in [2.45, 2.75) is 44.2 Å². The minimum absolute atomic E-state index is 0. The first kappa shape index (κ1) is 26.2. The van der Waals surface area contributed by atoms with E-state index in [-0.39, 0.29) is 29.9 Å². The number of rotatable bonds is 11. The van der Waals surface area contributed by atoms with Crippen LogP contribution in [-0.2, 0) is 10.0 Å². The van der Waals surface area contributed by atoms with Crippen molar-refractivity contribution >= 4 is 22.4 Å². The number of nitrogens with one attached hydrogen (secondary N) is 1. The smallest absolute Gasteiger partial charge is 0.238 e. The maximum absolute atomic E-state index is 11.7. The zero-order valence-corrected chi connectivity index (χ0v) is 19.1. The van der Waals surface area contributed by atoms with Crippen LogP contribution in [0, 0.1) is 6.92 Å². The van der Waals surface area contributed by atoms with Crippen molar-refractivity contribution in [3.8, 4) is 11.5 Å². The molecule has 2 aromatic rings. The second-order valence-electron chi connectivity index (χ2n) is 7.00. The van der Waals surface area contributed by atoms with Gasteiger partial charge in [0.05, 0.1) is 17.6 Å². The molecule has 2 rings (SSSR count). The fraction of sp³-hybridized carbons (Fsp3) is 0.429. The predicted molar refractivity (Wildman–Crippen MR) is 120 cm³/mol. The van der Waals surface area contributed by atoms with Gasteiger partial charge in [-0.05, 0) is 49.6 Å². The normalized spacial score (nSPS) is 13.2. The first-order valence-electron chi connectivity index (χ1n) is 9.61. The highest BCUT2D eigenvalue weighted by molar-refractivity contribution is 7.89.